The maximum Gasteiger partial charge on any atom is 0.295 e. The van der Waals surface area contributed by atoms with E-state index in [2.05, 4.69) is 22.1 Å². The maximum atomic E-state index is 13.0. The zero-order chi connectivity index (χ0) is 22.7. The Morgan fingerprint density at radius 1 is 1.22 bits per heavy atom. The Bertz CT molecular complexity index is 1300. The van der Waals surface area contributed by atoms with Crippen molar-refractivity contribution >= 4 is 34.7 Å². The number of hydrogen-bond donors (Lipinski definition) is 1. The lowest BCUT2D eigenvalue weighted by molar-refractivity contribution is -0.113. The molecule has 1 aromatic carbocycles. The molecular weight excluding hydrogens is 444 g/mol. The Labute approximate surface area is 193 Å². The fourth-order valence-corrected chi connectivity index (χ4v) is 4.76. The van der Waals surface area contributed by atoms with Crippen LogP contribution in [-0.4, -0.2) is 35.8 Å². The van der Waals surface area contributed by atoms with Crippen molar-refractivity contribution in [2.75, 3.05) is 11.1 Å². The normalized spacial score (nSPS) is 10.9. The lowest BCUT2D eigenvalue weighted by Gasteiger charge is -2.07. The van der Waals surface area contributed by atoms with Crippen molar-refractivity contribution in [1.29, 1.82) is 0 Å². The molecular formula is C22H22N6O2S2. The van der Waals surface area contributed by atoms with Crippen molar-refractivity contribution < 1.29 is 4.79 Å². The van der Waals surface area contributed by atoms with Crippen LogP contribution in [0.3, 0.4) is 0 Å². The lowest BCUT2D eigenvalue weighted by atomic mass is 10.3. The first-order valence-electron chi connectivity index (χ1n) is 9.86. The summed E-state index contributed by atoms with van der Waals surface area (Å²) in [5.41, 5.74) is 1.40. The Hall–Kier alpha value is -3.37. The van der Waals surface area contributed by atoms with Gasteiger partial charge in [0.2, 0.25) is 5.91 Å². The molecule has 3 heterocycles. The number of carbonyl (C=O) groups is 1. The molecule has 3 aromatic heterocycles. The number of allylic oxidation sites excluding steroid dienone is 1. The number of benzene rings is 1. The van der Waals surface area contributed by atoms with Crippen LogP contribution < -0.4 is 10.9 Å². The van der Waals surface area contributed by atoms with Crippen LogP contribution in [0, 0.1) is 6.92 Å². The van der Waals surface area contributed by atoms with Gasteiger partial charge in [-0.15, -0.1) is 28.1 Å². The molecule has 1 N–H and O–H groups in total. The molecule has 10 heteroatoms. The van der Waals surface area contributed by atoms with Gasteiger partial charge in [0.05, 0.1) is 22.0 Å². The summed E-state index contributed by atoms with van der Waals surface area (Å²) in [4.78, 5) is 26.7. The van der Waals surface area contributed by atoms with E-state index in [1.165, 1.54) is 16.4 Å². The van der Waals surface area contributed by atoms with E-state index in [1.54, 1.807) is 36.1 Å². The van der Waals surface area contributed by atoms with Gasteiger partial charge in [-0.05, 0) is 30.5 Å². The number of carbonyl (C=O) groups excluding carboxylic acids is 1. The second kappa shape index (κ2) is 9.41. The van der Waals surface area contributed by atoms with Crippen molar-refractivity contribution in [3.05, 3.63) is 76.5 Å². The number of anilines is 1. The van der Waals surface area contributed by atoms with Gasteiger partial charge in [0.25, 0.3) is 5.56 Å². The topological polar surface area (TPSA) is 86.7 Å². The van der Waals surface area contributed by atoms with Crippen molar-refractivity contribution in [2.24, 2.45) is 7.05 Å². The zero-order valence-electron chi connectivity index (χ0n) is 17.7. The van der Waals surface area contributed by atoms with Crippen LogP contribution in [0.25, 0.3) is 16.4 Å². The molecule has 1 amide bonds. The number of hydrogen-bond acceptors (Lipinski definition) is 6. The molecule has 8 nitrogen and oxygen atoms in total. The molecule has 4 aromatic rings. The fourth-order valence-electron chi connectivity index (χ4n) is 3.30. The summed E-state index contributed by atoms with van der Waals surface area (Å²) in [6.45, 7) is 6.14. The van der Waals surface area contributed by atoms with Gasteiger partial charge in [0, 0.05) is 13.6 Å². The first kappa shape index (κ1) is 21.8. The molecule has 0 aliphatic carbocycles. The number of para-hydroxylation sites is 1. The van der Waals surface area contributed by atoms with Crippen molar-refractivity contribution in [3.63, 3.8) is 0 Å². The molecule has 0 spiro atoms. The molecule has 0 aliphatic heterocycles. The van der Waals surface area contributed by atoms with Crippen LogP contribution in [0.4, 0.5) is 5.69 Å². The third-order valence-corrected chi connectivity index (χ3v) is 6.75. The van der Waals surface area contributed by atoms with Gasteiger partial charge in [-0.25, -0.2) is 4.68 Å². The van der Waals surface area contributed by atoms with E-state index < -0.39 is 0 Å². The van der Waals surface area contributed by atoms with Gasteiger partial charge in [-0.3, -0.25) is 18.8 Å². The molecule has 0 unspecified atom stereocenters. The highest BCUT2D eigenvalue weighted by Gasteiger charge is 2.20. The summed E-state index contributed by atoms with van der Waals surface area (Å²) in [6, 6.07) is 13.2. The van der Waals surface area contributed by atoms with E-state index >= 15 is 0 Å². The van der Waals surface area contributed by atoms with E-state index in [0.717, 1.165) is 16.4 Å². The summed E-state index contributed by atoms with van der Waals surface area (Å²) in [7, 11) is 1.79. The number of nitrogens with zero attached hydrogens (tertiary/aromatic N) is 5. The number of thiophene rings is 1. The van der Waals surface area contributed by atoms with E-state index in [4.69, 9.17) is 0 Å². The fraction of sp³-hybridized carbons (Fsp3) is 0.182. The SMILES string of the molecule is C=CCn1c(SCC(=O)Nc2c(C)n(C)n(-c3ccccc3)c2=O)nnc1-c1cccs1. The van der Waals surface area contributed by atoms with Crippen LogP contribution in [0.1, 0.15) is 5.69 Å². The number of rotatable bonds is 8. The summed E-state index contributed by atoms with van der Waals surface area (Å²) >= 11 is 2.85. The van der Waals surface area contributed by atoms with Crippen LogP contribution >= 0.6 is 23.1 Å². The van der Waals surface area contributed by atoms with Gasteiger partial charge >= 0.3 is 0 Å². The monoisotopic (exact) mass is 466 g/mol. The Balaban J connectivity index is 1.51. The molecule has 32 heavy (non-hydrogen) atoms. The molecule has 4 rings (SSSR count). The van der Waals surface area contributed by atoms with Crippen LogP contribution in [0.2, 0.25) is 0 Å². The van der Waals surface area contributed by atoms with E-state index in [-0.39, 0.29) is 22.9 Å². The Morgan fingerprint density at radius 3 is 2.69 bits per heavy atom. The van der Waals surface area contributed by atoms with E-state index in [0.29, 0.717) is 17.4 Å². The highest BCUT2D eigenvalue weighted by molar-refractivity contribution is 7.99. The van der Waals surface area contributed by atoms with Crippen molar-refractivity contribution in [3.8, 4) is 16.4 Å². The van der Waals surface area contributed by atoms with Crippen LogP contribution in [0.15, 0.2) is 70.5 Å². The Morgan fingerprint density at radius 2 is 2.00 bits per heavy atom. The number of aromatic nitrogens is 5. The quantitative estimate of drug-likeness (QED) is 0.316. The molecule has 0 saturated carbocycles. The minimum atomic E-state index is -0.285. The van der Waals surface area contributed by atoms with Gasteiger partial charge in [-0.2, -0.15) is 0 Å². The van der Waals surface area contributed by atoms with Crippen LogP contribution in [0.5, 0.6) is 0 Å². The smallest absolute Gasteiger partial charge is 0.295 e. The highest BCUT2D eigenvalue weighted by Crippen LogP contribution is 2.27. The third kappa shape index (κ3) is 4.19. The predicted molar refractivity (Wildman–Crippen MR) is 129 cm³/mol. The zero-order valence-corrected chi connectivity index (χ0v) is 19.3. The highest BCUT2D eigenvalue weighted by atomic mass is 32.2. The first-order valence-corrected chi connectivity index (χ1v) is 11.7. The second-order valence-corrected chi connectivity index (χ2v) is 8.85. The minimum absolute atomic E-state index is 0.0961. The lowest BCUT2D eigenvalue weighted by Crippen LogP contribution is -2.23. The van der Waals surface area contributed by atoms with Crippen molar-refractivity contribution in [2.45, 2.75) is 18.6 Å². The average Bonchev–Trinajstić information content (AvgIpc) is 3.50. The summed E-state index contributed by atoms with van der Waals surface area (Å²) in [5, 5.41) is 13.9. The molecule has 0 saturated heterocycles. The van der Waals surface area contributed by atoms with Gasteiger partial charge in [0.15, 0.2) is 11.0 Å². The molecule has 0 aliphatic rings. The maximum absolute atomic E-state index is 13.0. The average molecular weight is 467 g/mol. The molecule has 0 atom stereocenters. The summed E-state index contributed by atoms with van der Waals surface area (Å²) in [6.07, 6.45) is 1.77. The van der Waals surface area contributed by atoms with Crippen LogP contribution in [-0.2, 0) is 18.4 Å². The number of nitrogens with one attached hydrogen (secondary N) is 1. The number of amides is 1. The van der Waals surface area contributed by atoms with E-state index in [1.807, 2.05) is 52.4 Å². The number of thioether (sulfide) groups is 1. The standard InChI is InChI=1S/C22H22N6O2S2/c1-4-12-27-20(17-11-8-13-31-17)24-25-22(27)32-14-18(29)23-19-15(2)26(3)28(21(19)30)16-9-6-5-7-10-16/h4-11,13H,1,12,14H2,2-3H3,(H,23,29). The molecule has 0 bridgehead atoms. The predicted octanol–water partition coefficient (Wildman–Crippen LogP) is 3.72. The van der Waals surface area contributed by atoms with Gasteiger partial charge in [0.1, 0.15) is 5.69 Å². The minimum Gasteiger partial charge on any atom is -0.319 e. The summed E-state index contributed by atoms with van der Waals surface area (Å²) < 4.78 is 5.19. The van der Waals surface area contributed by atoms with Gasteiger partial charge in [-0.1, -0.05) is 42.1 Å². The largest absolute Gasteiger partial charge is 0.319 e. The van der Waals surface area contributed by atoms with E-state index in [9.17, 15) is 9.59 Å². The molecule has 0 fully saturated rings. The molecule has 0 radical (unpaired) electrons. The molecule has 164 valence electrons. The first-order chi connectivity index (χ1) is 15.5. The third-order valence-electron chi connectivity index (χ3n) is 4.92. The summed E-state index contributed by atoms with van der Waals surface area (Å²) in [5.74, 6) is 0.554. The second-order valence-electron chi connectivity index (χ2n) is 6.96. The van der Waals surface area contributed by atoms with Gasteiger partial charge < -0.3 is 5.32 Å². The van der Waals surface area contributed by atoms with Crippen molar-refractivity contribution in [1.82, 2.24) is 24.1 Å². The Kier molecular flexibility index (Phi) is 6.42.